The second-order valence-electron chi connectivity index (χ2n) is 2.50. The summed E-state index contributed by atoms with van der Waals surface area (Å²) in [6.07, 6.45) is 0. The lowest BCUT2D eigenvalue weighted by Crippen LogP contribution is -2.05. The molecule has 0 aromatic heterocycles. The molecule has 1 aromatic rings. The van der Waals surface area contributed by atoms with Crippen molar-refractivity contribution in [3.8, 4) is 0 Å². The molecule has 0 spiro atoms. The molecule has 0 unspecified atom stereocenters. The van der Waals surface area contributed by atoms with Crippen LogP contribution in [0.5, 0.6) is 0 Å². The molecule has 0 saturated heterocycles. The van der Waals surface area contributed by atoms with Gasteiger partial charge in [0.2, 0.25) is 0 Å². The number of halogens is 1. The molecule has 0 saturated carbocycles. The van der Waals surface area contributed by atoms with Crippen LogP contribution in [0.2, 0.25) is 0 Å². The SMILES string of the molecule is COC(=O)c1ccc(F)c(CN)c1. The molecule has 0 amide bonds. The van der Waals surface area contributed by atoms with Crippen LogP contribution in [-0.4, -0.2) is 13.1 Å². The second-order valence-corrected chi connectivity index (χ2v) is 2.50. The van der Waals surface area contributed by atoms with Gasteiger partial charge >= 0.3 is 5.97 Å². The largest absolute Gasteiger partial charge is 0.465 e. The Morgan fingerprint density at radius 3 is 2.85 bits per heavy atom. The Balaban J connectivity index is 3.06. The predicted molar refractivity (Wildman–Crippen MR) is 45.6 cm³/mol. The lowest BCUT2D eigenvalue weighted by atomic mass is 10.1. The van der Waals surface area contributed by atoms with Gasteiger partial charge in [0.1, 0.15) is 5.82 Å². The predicted octanol–water partition coefficient (Wildman–Crippen LogP) is 1.07. The average molecular weight is 183 g/mol. The number of esters is 1. The third kappa shape index (κ3) is 2.03. The minimum Gasteiger partial charge on any atom is -0.465 e. The molecule has 13 heavy (non-hydrogen) atoms. The molecule has 3 nitrogen and oxygen atoms in total. The van der Waals surface area contributed by atoms with Crippen molar-refractivity contribution in [2.24, 2.45) is 5.73 Å². The van der Waals surface area contributed by atoms with E-state index in [4.69, 9.17) is 5.73 Å². The highest BCUT2D eigenvalue weighted by atomic mass is 19.1. The Hall–Kier alpha value is -1.42. The van der Waals surface area contributed by atoms with Crippen molar-refractivity contribution >= 4 is 5.97 Å². The van der Waals surface area contributed by atoms with Crippen molar-refractivity contribution in [1.29, 1.82) is 0 Å². The lowest BCUT2D eigenvalue weighted by Gasteiger charge is -2.02. The van der Waals surface area contributed by atoms with Crippen molar-refractivity contribution in [2.45, 2.75) is 6.54 Å². The van der Waals surface area contributed by atoms with E-state index in [0.29, 0.717) is 11.1 Å². The molecule has 2 N–H and O–H groups in total. The van der Waals surface area contributed by atoms with Gasteiger partial charge in [-0.3, -0.25) is 0 Å². The standard InChI is InChI=1S/C9H10FNO2/c1-13-9(12)6-2-3-8(10)7(4-6)5-11/h2-4H,5,11H2,1H3. The molecule has 1 rings (SSSR count). The van der Waals surface area contributed by atoms with E-state index >= 15 is 0 Å². The highest BCUT2D eigenvalue weighted by Gasteiger charge is 2.08. The zero-order chi connectivity index (χ0) is 9.84. The van der Waals surface area contributed by atoms with E-state index < -0.39 is 11.8 Å². The molecule has 0 atom stereocenters. The van der Waals surface area contributed by atoms with Gasteiger partial charge in [0.25, 0.3) is 0 Å². The maximum Gasteiger partial charge on any atom is 0.337 e. The van der Waals surface area contributed by atoms with Crippen molar-refractivity contribution in [3.05, 3.63) is 35.1 Å². The van der Waals surface area contributed by atoms with E-state index in [1.807, 2.05) is 0 Å². The first-order valence-corrected chi connectivity index (χ1v) is 3.76. The fourth-order valence-electron chi connectivity index (χ4n) is 0.976. The van der Waals surface area contributed by atoms with Gasteiger partial charge in [-0.25, -0.2) is 9.18 Å². The van der Waals surface area contributed by atoms with Gasteiger partial charge < -0.3 is 10.5 Å². The van der Waals surface area contributed by atoms with Gasteiger partial charge in [-0.2, -0.15) is 0 Å². The molecule has 0 fully saturated rings. The molecule has 0 radical (unpaired) electrons. The molecular formula is C9H10FNO2. The van der Waals surface area contributed by atoms with Crippen molar-refractivity contribution < 1.29 is 13.9 Å². The van der Waals surface area contributed by atoms with E-state index in [0.717, 1.165) is 0 Å². The summed E-state index contributed by atoms with van der Waals surface area (Å²) in [6, 6.07) is 3.95. The molecule has 0 heterocycles. The highest BCUT2D eigenvalue weighted by molar-refractivity contribution is 5.89. The van der Waals surface area contributed by atoms with Gasteiger partial charge in [-0.15, -0.1) is 0 Å². The number of hydrogen-bond acceptors (Lipinski definition) is 3. The number of benzene rings is 1. The fourth-order valence-corrected chi connectivity index (χ4v) is 0.976. The quantitative estimate of drug-likeness (QED) is 0.698. The van der Waals surface area contributed by atoms with E-state index in [9.17, 15) is 9.18 Å². The van der Waals surface area contributed by atoms with Gasteiger partial charge in [0, 0.05) is 12.1 Å². The van der Waals surface area contributed by atoms with Gasteiger partial charge in [-0.1, -0.05) is 0 Å². The van der Waals surface area contributed by atoms with Crippen LogP contribution in [0.4, 0.5) is 4.39 Å². The van der Waals surface area contributed by atoms with Crippen molar-refractivity contribution in [1.82, 2.24) is 0 Å². The molecular weight excluding hydrogens is 173 g/mol. The lowest BCUT2D eigenvalue weighted by molar-refractivity contribution is 0.0600. The maximum absolute atomic E-state index is 12.9. The van der Waals surface area contributed by atoms with E-state index in [2.05, 4.69) is 4.74 Å². The number of methoxy groups -OCH3 is 1. The third-order valence-electron chi connectivity index (χ3n) is 1.69. The van der Waals surface area contributed by atoms with E-state index in [1.54, 1.807) is 0 Å². The van der Waals surface area contributed by atoms with Crippen LogP contribution in [-0.2, 0) is 11.3 Å². The molecule has 70 valence electrons. The van der Waals surface area contributed by atoms with Crippen LogP contribution in [0.25, 0.3) is 0 Å². The Labute approximate surface area is 75.3 Å². The van der Waals surface area contributed by atoms with E-state index in [-0.39, 0.29) is 6.54 Å². The second kappa shape index (κ2) is 4.00. The van der Waals surface area contributed by atoms with Crippen LogP contribution >= 0.6 is 0 Å². The van der Waals surface area contributed by atoms with Crippen LogP contribution < -0.4 is 5.73 Å². The number of ether oxygens (including phenoxy) is 1. The highest BCUT2D eigenvalue weighted by Crippen LogP contribution is 2.10. The topological polar surface area (TPSA) is 52.3 Å². The minimum atomic E-state index is -0.491. The summed E-state index contributed by atoms with van der Waals surface area (Å²) < 4.78 is 17.4. The van der Waals surface area contributed by atoms with Gasteiger partial charge in [-0.05, 0) is 18.2 Å². The normalized spacial score (nSPS) is 9.77. The molecule has 0 bridgehead atoms. The smallest absolute Gasteiger partial charge is 0.337 e. The zero-order valence-corrected chi connectivity index (χ0v) is 7.21. The van der Waals surface area contributed by atoms with Gasteiger partial charge in [0.15, 0.2) is 0 Å². The summed E-state index contributed by atoms with van der Waals surface area (Å²) in [5.41, 5.74) is 5.89. The Kier molecular flexibility index (Phi) is 2.97. The Morgan fingerprint density at radius 1 is 1.62 bits per heavy atom. The average Bonchev–Trinajstić information content (AvgIpc) is 2.17. The number of carbonyl (C=O) groups excluding carboxylic acids is 1. The zero-order valence-electron chi connectivity index (χ0n) is 7.21. The summed E-state index contributed by atoms with van der Waals surface area (Å²) in [5.74, 6) is -0.898. The summed E-state index contributed by atoms with van der Waals surface area (Å²) in [5, 5.41) is 0. The third-order valence-corrected chi connectivity index (χ3v) is 1.69. The molecule has 4 heteroatoms. The summed E-state index contributed by atoms with van der Waals surface area (Å²) in [4.78, 5) is 11.0. The summed E-state index contributed by atoms with van der Waals surface area (Å²) in [7, 11) is 1.27. The molecule has 1 aromatic carbocycles. The van der Waals surface area contributed by atoms with Crippen LogP contribution in [0.1, 0.15) is 15.9 Å². The Morgan fingerprint density at radius 2 is 2.31 bits per heavy atom. The number of rotatable bonds is 2. The van der Waals surface area contributed by atoms with Crippen LogP contribution in [0.3, 0.4) is 0 Å². The Bertz CT molecular complexity index is 325. The summed E-state index contributed by atoms with van der Waals surface area (Å²) in [6.45, 7) is 0.0661. The minimum absolute atomic E-state index is 0.0661. The van der Waals surface area contributed by atoms with Crippen LogP contribution in [0, 0.1) is 5.82 Å². The number of hydrogen-bond donors (Lipinski definition) is 1. The van der Waals surface area contributed by atoms with E-state index in [1.165, 1.54) is 25.3 Å². The first-order chi connectivity index (χ1) is 6.19. The molecule has 0 aliphatic rings. The van der Waals surface area contributed by atoms with Crippen molar-refractivity contribution in [2.75, 3.05) is 7.11 Å². The molecule has 0 aliphatic carbocycles. The van der Waals surface area contributed by atoms with Gasteiger partial charge in [0.05, 0.1) is 12.7 Å². The maximum atomic E-state index is 12.9. The fraction of sp³-hybridized carbons (Fsp3) is 0.222. The summed E-state index contributed by atoms with van der Waals surface area (Å²) >= 11 is 0. The van der Waals surface area contributed by atoms with Crippen LogP contribution in [0.15, 0.2) is 18.2 Å². The van der Waals surface area contributed by atoms with Crippen molar-refractivity contribution in [3.63, 3.8) is 0 Å². The monoisotopic (exact) mass is 183 g/mol. The molecule has 0 aliphatic heterocycles. The first kappa shape index (κ1) is 9.67. The number of nitrogens with two attached hydrogens (primary N) is 1. The number of carbonyl (C=O) groups is 1. The first-order valence-electron chi connectivity index (χ1n) is 3.76.